The third kappa shape index (κ3) is 3.86. The first-order chi connectivity index (χ1) is 16.2. The fraction of sp³-hybridized carbons (Fsp3) is 0.360. The van der Waals surface area contributed by atoms with Gasteiger partial charge in [-0.2, -0.15) is 0 Å². The quantitative estimate of drug-likeness (QED) is 0.414. The molecule has 2 N–H and O–H groups in total. The van der Waals surface area contributed by atoms with Crippen LogP contribution in [0.25, 0.3) is 33.3 Å². The summed E-state index contributed by atoms with van der Waals surface area (Å²) < 4.78 is 12.0. The van der Waals surface area contributed by atoms with Crippen molar-refractivity contribution in [3.05, 3.63) is 36.7 Å². The zero-order valence-corrected chi connectivity index (χ0v) is 18.4. The highest BCUT2D eigenvalue weighted by Gasteiger charge is 2.30. The summed E-state index contributed by atoms with van der Waals surface area (Å²) in [4.78, 5) is 25.9. The van der Waals surface area contributed by atoms with E-state index < -0.39 is 0 Å². The molecule has 2 fully saturated rings. The average Bonchev–Trinajstić information content (AvgIpc) is 3.56. The summed E-state index contributed by atoms with van der Waals surface area (Å²) in [6.07, 6.45) is 9.12. The summed E-state index contributed by atoms with van der Waals surface area (Å²) in [5.74, 6) is 3.26. The predicted molar refractivity (Wildman–Crippen MR) is 126 cm³/mol. The van der Waals surface area contributed by atoms with Crippen LogP contribution in [0.1, 0.15) is 32.1 Å². The molecule has 2 aliphatic carbocycles. The van der Waals surface area contributed by atoms with Crippen LogP contribution in [0.2, 0.25) is 0 Å². The van der Waals surface area contributed by atoms with Gasteiger partial charge in [0.1, 0.15) is 22.9 Å². The van der Waals surface area contributed by atoms with E-state index in [1.54, 1.807) is 12.4 Å². The Morgan fingerprint density at radius 1 is 1.12 bits per heavy atom. The second-order valence-electron chi connectivity index (χ2n) is 8.91. The first-order valence-corrected chi connectivity index (χ1v) is 11.5. The van der Waals surface area contributed by atoms with Crippen molar-refractivity contribution in [3.63, 3.8) is 0 Å². The van der Waals surface area contributed by atoms with Gasteiger partial charge >= 0.3 is 0 Å². The van der Waals surface area contributed by atoms with E-state index in [0.717, 1.165) is 47.1 Å². The van der Waals surface area contributed by atoms with E-state index in [-0.39, 0.29) is 11.8 Å². The molecule has 0 radical (unpaired) electrons. The fourth-order valence-corrected chi connectivity index (χ4v) is 4.13. The van der Waals surface area contributed by atoms with Crippen LogP contribution >= 0.6 is 0 Å². The standard InChI is InChI=1S/C25H25N5O3/c1-26-23-18-11-27-22(30-24(31)15-5-6-15)10-17(18)19(12-28-23)25-29-20-9-16(7-8-21(20)33-25)32-13-14-3-2-4-14/h7-12,14-15H,2-6,13H2,1H3,(H,26,28)(H,27,30,31). The van der Waals surface area contributed by atoms with Crippen molar-refractivity contribution < 1.29 is 13.9 Å². The van der Waals surface area contributed by atoms with Crippen molar-refractivity contribution in [2.24, 2.45) is 11.8 Å². The van der Waals surface area contributed by atoms with Crippen LogP contribution in [0.5, 0.6) is 5.75 Å². The first-order valence-electron chi connectivity index (χ1n) is 11.5. The lowest BCUT2D eigenvalue weighted by Crippen LogP contribution is -2.19. The highest BCUT2D eigenvalue weighted by molar-refractivity contribution is 6.03. The Labute approximate surface area is 190 Å². The zero-order chi connectivity index (χ0) is 22.4. The van der Waals surface area contributed by atoms with E-state index in [1.165, 1.54) is 19.3 Å². The molecule has 2 saturated carbocycles. The fourth-order valence-electron chi connectivity index (χ4n) is 4.13. The van der Waals surface area contributed by atoms with Crippen LogP contribution in [-0.4, -0.2) is 34.5 Å². The van der Waals surface area contributed by atoms with Gasteiger partial charge in [0.25, 0.3) is 0 Å². The lowest BCUT2D eigenvalue weighted by atomic mass is 9.86. The third-order valence-corrected chi connectivity index (χ3v) is 6.51. The lowest BCUT2D eigenvalue weighted by molar-refractivity contribution is -0.117. The predicted octanol–water partition coefficient (Wildman–Crippen LogP) is 5.01. The Hall–Kier alpha value is -3.68. The molecule has 0 aliphatic heterocycles. The maximum Gasteiger partial charge on any atom is 0.229 e. The summed E-state index contributed by atoms with van der Waals surface area (Å²) in [5, 5.41) is 7.69. The molecule has 6 rings (SSSR count). The van der Waals surface area contributed by atoms with Crippen molar-refractivity contribution in [1.29, 1.82) is 0 Å². The van der Waals surface area contributed by atoms with Gasteiger partial charge in [0.15, 0.2) is 5.58 Å². The number of fused-ring (bicyclic) bond motifs is 2. The first kappa shape index (κ1) is 20.0. The van der Waals surface area contributed by atoms with Crippen LogP contribution in [0.4, 0.5) is 11.6 Å². The van der Waals surface area contributed by atoms with Gasteiger partial charge in [-0.15, -0.1) is 0 Å². The molecule has 168 valence electrons. The van der Waals surface area contributed by atoms with Crippen molar-refractivity contribution in [2.45, 2.75) is 32.1 Å². The van der Waals surface area contributed by atoms with E-state index >= 15 is 0 Å². The molecule has 2 aliphatic rings. The smallest absolute Gasteiger partial charge is 0.229 e. The van der Waals surface area contributed by atoms with Gasteiger partial charge in [-0.1, -0.05) is 6.42 Å². The molecule has 4 aromatic rings. The normalized spacial score (nSPS) is 16.0. The average molecular weight is 444 g/mol. The van der Waals surface area contributed by atoms with Gasteiger partial charge < -0.3 is 19.8 Å². The van der Waals surface area contributed by atoms with Crippen LogP contribution in [0.15, 0.2) is 41.1 Å². The number of carbonyl (C=O) groups is 1. The van der Waals surface area contributed by atoms with Crippen LogP contribution in [0.3, 0.4) is 0 Å². The third-order valence-electron chi connectivity index (χ3n) is 6.51. The number of ether oxygens (including phenoxy) is 1. The SMILES string of the molecule is CNc1ncc(-c2nc3cc(OCC4CCC4)ccc3o2)c2cc(NC(=O)C3CC3)ncc12. The largest absolute Gasteiger partial charge is 0.493 e. The van der Waals surface area contributed by atoms with Gasteiger partial charge in [-0.3, -0.25) is 4.79 Å². The van der Waals surface area contributed by atoms with E-state index in [1.807, 2.05) is 31.3 Å². The van der Waals surface area contributed by atoms with Crippen molar-refractivity contribution in [2.75, 3.05) is 24.3 Å². The second kappa shape index (κ2) is 8.03. The Morgan fingerprint density at radius 2 is 2.00 bits per heavy atom. The number of nitrogens with zero attached hydrogens (tertiary/aromatic N) is 3. The topological polar surface area (TPSA) is 102 Å². The Balaban J connectivity index is 1.36. The minimum absolute atomic E-state index is 0.0163. The summed E-state index contributed by atoms with van der Waals surface area (Å²) >= 11 is 0. The molecule has 1 amide bonds. The molecule has 0 unspecified atom stereocenters. The molecule has 1 aromatic carbocycles. The summed E-state index contributed by atoms with van der Waals surface area (Å²) in [7, 11) is 1.81. The van der Waals surface area contributed by atoms with Gasteiger partial charge in [0.2, 0.25) is 11.8 Å². The molecule has 0 atom stereocenters. The number of carbonyl (C=O) groups excluding carboxylic acids is 1. The number of amides is 1. The number of rotatable bonds is 7. The molecule has 3 aromatic heterocycles. The van der Waals surface area contributed by atoms with Gasteiger partial charge in [-0.25, -0.2) is 15.0 Å². The Kier molecular flexibility index (Phi) is 4.86. The molecule has 3 heterocycles. The number of hydrogen-bond donors (Lipinski definition) is 2. The number of oxazole rings is 1. The summed E-state index contributed by atoms with van der Waals surface area (Å²) in [6, 6.07) is 7.59. The number of benzene rings is 1. The van der Waals surface area contributed by atoms with E-state index in [4.69, 9.17) is 14.1 Å². The maximum absolute atomic E-state index is 12.2. The highest BCUT2D eigenvalue weighted by Crippen LogP contribution is 2.35. The van der Waals surface area contributed by atoms with Gasteiger partial charge in [-0.05, 0) is 49.8 Å². The number of nitrogens with one attached hydrogen (secondary N) is 2. The number of pyridine rings is 2. The Bertz CT molecular complexity index is 1360. The highest BCUT2D eigenvalue weighted by atomic mass is 16.5. The number of anilines is 2. The Morgan fingerprint density at radius 3 is 2.76 bits per heavy atom. The van der Waals surface area contributed by atoms with Crippen LogP contribution in [-0.2, 0) is 4.79 Å². The molecule has 8 nitrogen and oxygen atoms in total. The van der Waals surface area contributed by atoms with E-state index in [0.29, 0.717) is 29.0 Å². The van der Waals surface area contributed by atoms with Gasteiger partial charge in [0.05, 0.1) is 12.2 Å². The molecule has 0 saturated heterocycles. The molecule has 0 spiro atoms. The summed E-state index contributed by atoms with van der Waals surface area (Å²) in [5.41, 5.74) is 2.16. The molecule has 8 heteroatoms. The molecular formula is C25H25N5O3. The number of hydrogen-bond acceptors (Lipinski definition) is 7. The molecule has 0 bridgehead atoms. The number of aromatic nitrogens is 3. The summed E-state index contributed by atoms with van der Waals surface area (Å²) in [6.45, 7) is 0.749. The van der Waals surface area contributed by atoms with Crippen molar-refractivity contribution in [1.82, 2.24) is 15.0 Å². The lowest BCUT2D eigenvalue weighted by Gasteiger charge is -2.25. The minimum atomic E-state index is 0.0163. The second-order valence-corrected chi connectivity index (χ2v) is 8.91. The van der Waals surface area contributed by atoms with E-state index in [2.05, 4.69) is 20.6 Å². The van der Waals surface area contributed by atoms with Crippen LogP contribution in [0, 0.1) is 11.8 Å². The molecule has 33 heavy (non-hydrogen) atoms. The minimum Gasteiger partial charge on any atom is -0.493 e. The maximum atomic E-state index is 12.2. The van der Waals surface area contributed by atoms with Crippen molar-refractivity contribution in [3.8, 4) is 17.2 Å². The van der Waals surface area contributed by atoms with Crippen molar-refractivity contribution >= 4 is 39.4 Å². The zero-order valence-electron chi connectivity index (χ0n) is 18.4. The van der Waals surface area contributed by atoms with E-state index in [9.17, 15) is 4.79 Å². The molecular weight excluding hydrogens is 418 g/mol. The van der Waals surface area contributed by atoms with Gasteiger partial charge in [0, 0.05) is 42.2 Å². The van der Waals surface area contributed by atoms with Crippen LogP contribution < -0.4 is 15.4 Å². The monoisotopic (exact) mass is 443 g/mol.